The predicted octanol–water partition coefficient (Wildman–Crippen LogP) is 3.05. The standard InChI is InChI=1S/C16H23ClN2O4S/c1-16(2,3)23-15(20)19-9-7-11-5-6-13(18-24(4,21)22)14(17)12(11)8-10-19/h5-6,18H,7-10H2,1-4H3. The van der Waals surface area contributed by atoms with Gasteiger partial charge in [-0.3, -0.25) is 4.72 Å². The molecule has 134 valence electrons. The third-order valence-corrected chi connectivity index (χ3v) is 4.59. The van der Waals surface area contributed by atoms with Gasteiger partial charge in [-0.1, -0.05) is 17.7 Å². The second-order valence-corrected chi connectivity index (χ2v) is 9.03. The molecule has 0 saturated carbocycles. The number of benzene rings is 1. The van der Waals surface area contributed by atoms with Gasteiger partial charge in [0.05, 0.1) is 17.0 Å². The summed E-state index contributed by atoms with van der Waals surface area (Å²) in [6, 6.07) is 3.51. The van der Waals surface area contributed by atoms with E-state index < -0.39 is 15.6 Å². The van der Waals surface area contributed by atoms with E-state index in [-0.39, 0.29) is 6.09 Å². The number of ether oxygens (including phenoxy) is 1. The van der Waals surface area contributed by atoms with Crippen molar-refractivity contribution < 1.29 is 17.9 Å². The minimum atomic E-state index is -3.40. The molecular weight excluding hydrogens is 352 g/mol. The van der Waals surface area contributed by atoms with E-state index in [9.17, 15) is 13.2 Å². The molecule has 2 rings (SSSR count). The topological polar surface area (TPSA) is 75.7 Å². The lowest BCUT2D eigenvalue weighted by molar-refractivity contribution is 0.0258. The number of hydrogen-bond donors (Lipinski definition) is 1. The summed E-state index contributed by atoms with van der Waals surface area (Å²) in [7, 11) is -3.40. The maximum absolute atomic E-state index is 12.2. The van der Waals surface area contributed by atoms with Crippen molar-refractivity contribution >= 4 is 33.4 Å². The summed E-state index contributed by atoms with van der Waals surface area (Å²) in [5, 5.41) is 0.393. The van der Waals surface area contributed by atoms with Crippen LogP contribution in [0.15, 0.2) is 12.1 Å². The van der Waals surface area contributed by atoms with Crippen LogP contribution in [0.4, 0.5) is 10.5 Å². The van der Waals surface area contributed by atoms with E-state index >= 15 is 0 Å². The summed E-state index contributed by atoms with van der Waals surface area (Å²) in [4.78, 5) is 13.9. The van der Waals surface area contributed by atoms with Crippen LogP contribution < -0.4 is 4.72 Å². The van der Waals surface area contributed by atoms with E-state index in [1.807, 2.05) is 26.8 Å². The lowest BCUT2D eigenvalue weighted by atomic mass is 10.0. The fourth-order valence-corrected chi connectivity index (χ4v) is 3.52. The van der Waals surface area contributed by atoms with Crippen molar-refractivity contribution in [3.63, 3.8) is 0 Å². The van der Waals surface area contributed by atoms with Gasteiger partial charge < -0.3 is 9.64 Å². The minimum Gasteiger partial charge on any atom is -0.444 e. The lowest BCUT2D eigenvalue weighted by Crippen LogP contribution is -2.38. The van der Waals surface area contributed by atoms with Crippen LogP contribution in [-0.4, -0.2) is 44.4 Å². The van der Waals surface area contributed by atoms with Crippen molar-refractivity contribution in [2.24, 2.45) is 0 Å². The number of amides is 1. The molecule has 0 bridgehead atoms. The molecule has 0 radical (unpaired) electrons. The van der Waals surface area contributed by atoms with Gasteiger partial charge in [-0.25, -0.2) is 13.2 Å². The Kier molecular flexibility index (Phi) is 5.34. The Labute approximate surface area is 148 Å². The second-order valence-electron chi connectivity index (χ2n) is 6.91. The number of carbonyl (C=O) groups excluding carboxylic acids is 1. The van der Waals surface area contributed by atoms with Crippen LogP contribution >= 0.6 is 11.6 Å². The normalized spacial score (nSPS) is 15.5. The number of fused-ring (bicyclic) bond motifs is 1. The average Bonchev–Trinajstić information content (AvgIpc) is 2.61. The molecule has 0 unspecified atom stereocenters. The first-order valence-electron chi connectivity index (χ1n) is 7.72. The maximum Gasteiger partial charge on any atom is 0.410 e. The van der Waals surface area contributed by atoms with Crippen LogP contribution in [0, 0.1) is 0 Å². The molecule has 0 fully saturated rings. The predicted molar refractivity (Wildman–Crippen MR) is 95.1 cm³/mol. The molecule has 24 heavy (non-hydrogen) atoms. The monoisotopic (exact) mass is 374 g/mol. The van der Waals surface area contributed by atoms with Crippen LogP contribution in [-0.2, 0) is 27.6 Å². The summed E-state index contributed by atoms with van der Waals surface area (Å²) in [5.74, 6) is 0. The van der Waals surface area contributed by atoms with E-state index in [0.717, 1.165) is 17.4 Å². The Bertz CT molecular complexity index is 741. The van der Waals surface area contributed by atoms with E-state index in [2.05, 4.69) is 4.72 Å². The molecule has 0 saturated heterocycles. The van der Waals surface area contributed by atoms with Crippen LogP contribution in [0.3, 0.4) is 0 Å². The highest BCUT2D eigenvalue weighted by Gasteiger charge is 2.25. The fourth-order valence-electron chi connectivity index (χ4n) is 2.57. The highest BCUT2D eigenvalue weighted by molar-refractivity contribution is 7.92. The first-order chi connectivity index (χ1) is 11.0. The molecule has 6 nitrogen and oxygen atoms in total. The number of nitrogens with zero attached hydrogens (tertiary/aromatic N) is 1. The Morgan fingerprint density at radius 2 is 1.88 bits per heavy atom. The van der Waals surface area contributed by atoms with Crippen molar-refractivity contribution in [1.29, 1.82) is 0 Å². The summed E-state index contributed by atoms with van der Waals surface area (Å²) in [6.45, 7) is 6.51. The average molecular weight is 375 g/mol. The molecule has 1 N–H and O–H groups in total. The molecule has 1 amide bonds. The van der Waals surface area contributed by atoms with Crippen LogP contribution in [0.25, 0.3) is 0 Å². The maximum atomic E-state index is 12.2. The summed E-state index contributed by atoms with van der Waals surface area (Å²) < 4.78 is 30.7. The smallest absolute Gasteiger partial charge is 0.410 e. The Hall–Kier alpha value is -1.47. The van der Waals surface area contributed by atoms with E-state index in [1.165, 1.54) is 0 Å². The van der Waals surface area contributed by atoms with Gasteiger partial charge in [0.1, 0.15) is 5.60 Å². The van der Waals surface area contributed by atoms with Gasteiger partial charge in [-0.2, -0.15) is 0 Å². The van der Waals surface area contributed by atoms with E-state index in [4.69, 9.17) is 16.3 Å². The van der Waals surface area contributed by atoms with Gasteiger partial charge in [0.15, 0.2) is 0 Å². The van der Waals surface area contributed by atoms with Crippen molar-refractivity contribution in [2.75, 3.05) is 24.1 Å². The highest BCUT2D eigenvalue weighted by Crippen LogP contribution is 2.32. The van der Waals surface area contributed by atoms with Gasteiger partial charge in [0.25, 0.3) is 0 Å². The number of hydrogen-bond acceptors (Lipinski definition) is 4. The minimum absolute atomic E-state index is 0.346. The Balaban J connectivity index is 2.19. The van der Waals surface area contributed by atoms with Crippen molar-refractivity contribution in [2.45, 2.75) is 39.2 Å². The molecule has 1 aliphatic heterocycles. The van der Waals surface area contributed by atoms with E-state index in [1.54, 1.807) is 11.0 Å². The Morgan fingerprint density at radius 1 is 1.25 bits per heavy atom. The van der Waals surface area contributed by atoms with E-state index in [0.29, 0.717) is 36.6 Å². The SMILES string of the molecule is CC(C)(C)OC(=O)N1CCc2ccc(NS(C)(=O)=O)c(Cl)c2CC1. The van der Waals surface area contributed by atoms with Gasteiger partial charge >= 0.3 is 6.09 Å². The lowest BCUT2D eigenvalue weighted by Gasteiger charge is -2.26. The molecule has 1 aromatic rings. The molecule has 1 heterocycles. The molecular formula is C16H23ClN2O4S. The van der Waals surface area contributed by atoms with Crippen molar-refractivity contribution in [1.82, 2.24) is 4.90 Å². The zero-order valence-electron chi connectivity index (χ0n) is 14.3. The van der Waals surface area contributed by atoms with Gasteiger partial charge in [0.2, 0.25) is 10.0 Å². The largest absolute Gasteiger partial charge is 0.444 e. The molecule has 0 aliphatic carbocycles. The number of rotatable bonds is 2. The molecule has 0 spiro atoms. The third kappa shape index (κ3) is 5.01. The summed E-state index contributed by atoms with van der Waals surface area (Å²) >= 11 is 6.38. The second kappa shape index (κ2) is 6.80. The summed E-state index contributed by atoms with van der Waals surface area (Å²) in [5.41, 5.74) is 1.71. The first kappa shape index (κ1) is 18.9. The van der Waals surface area contributed by atoms with Crippen molar-refractivity contribution in [3.05, 3.63) is 28.3 Å². The highest BCUT2D eigenvalue weighted by atomic mass is 35.5. The zero-order chi connectivity index (χ0) is 18.1. The molecule has 0 atom stereocenters. The number of nitrogens with one attached hydrogen (secondary N) is 1. The summed E-state index contributed by atoms with van der Waals surface area (Å²) in [6.07, 6.45) is 1.93. The number of carbonyl (C=O) groups is 1. The third-order valence-electron chi connectivity index (χ3n) is 3.57. The number of sulfonamides is 1. The van der Waals surface area contributed by atoms with Crippen LogP contribution in [0.2, 0.25) is 5.02 Å². The molecule has 8 heteroatoms. The fraction of sp³-hybridized carbons (Fsp3) is 0.562. The van der Waals surface area contributed by atoms with Gasteiger partial charge in [0, 0.05) is 13.1 Å². The number of anilines is 1. The molecule has 1 aromatic carbocycles. The quantitative estimate of drug-likeness (QED) is 0.863. The number of halogens is 1. The molecule has 1 aliphatic rings. The van der Waals surface area contributed by atoms with Crippen LogP contribution in [0.5, 0.6) is 0 Å². The van der Waals surface area contributed by atoms with Gasteiger partial charge in [-0.15, -0.1) is 0 Å². The zero-order valence-corrected chi connectivity index (χ0v) is 15.9. The first-order valence-corrected chi connectivity index (χ1v) is 9.99. The van der Waals surface area contributed by atoms with Gasteiger partial charge in [-0.05, 0) is 50.8 Å². The van der Waals surface area contributed by atoms with Crippen LogP contribution in [0.1, 0.15) is 31.9 Å². The Morgan fingerprint density at radius 3 is 2.46 bits per heavy atom. The van der Waals surface area contributed by atoms with Crippen molar-refractivity contribution in [3.8, 4) is 0 Å². The molecule has 0 aromatic heterocycles.